The van der Waals surface area contributed by atoms with Crippen molar-refractivity contribution in [3.05, 3.63) is 29.3 Å². The molecular weight excluding hydrogens is 276 g/mol. The number of hydrogen-bond acceptors (Lipinski definition) is 4. The highest BCUT2D eigenvalue weighted by atomic mass is 32.1. The van der Waals surface area contributed by atoms with Crippen LogP contribution in [0, 0.1) is 0 Å². The van der Waals surface area contributed by atoms with Gasteiger partial charge in [0.05, 0.1) is 15.2 Å². The Kier molecular flexibility index (Phi) is 4.89. The molecule has 0 bridgehead atoms. The first kappa shape index (κ1) is 14.3. The molecule has 3 amide bonds. The number of rotatable bonds is 4. The largest absolute Gasteiger partial charge is 0.340 e. The number of carbonyl (C=O) groups excluding carboxylic acids is 2. The van der Waals surface area contributed by atoms with E-state index in [0.717, 1.165) is 21.6 Å². The number of nitrogens with zero attached hydrogens (tertiary/aromatic N) is 1. The number of urea groups is 1. The summed E-state index contributed by atoms with van der Waals surface area (Å²) < 4.78 is 1.16. The van der Waals surface area contributed by atoms with Crippen molar-refractivity contribution in [2.24, 2.45) is 0 Å². The van der Waals surface area contributed by atoms with Gasteiger partial charge < -0.3 is 5.32 Å². The maximum Gasteiger partial charge on any atom is 0.333 e. The topological polar surface area (TPSA) is 83.1 Å². The van der Waals surface area contributed by atoms with Gasteiger partial charge in [0.1, 0.15) is 0 Å². The van der Waals surface area contributed by atoms with Crippen LogP contribution in [0.2, 0.25) is 0 Å². The van der Waals surface area contributed by atoms with Crippen LogP contribution in [0.3, 0.4) is 0 Å². The molecule has 3 N–H and O–H groups in total. The van der Waals surface area contributed by atoms with Crippen LogP contribution in [0.5, 0.6) is 0 Å². The number of amides is 3. The van der Waals surface area contributed by atoms with Crippen LogP contribution < -0.4 is 16.2 Å². The molecule has 0 aliphatic heterocycles. The number of nitrogens with one attached hydrogen (secondary N) is 3. The molecule has 0 saturated heterocycles. The highest BCUT2D eigenvalue weighted by Gasteiger charge is 2.06. The molecule has 0 aliphatic carbocycles. The van der Waals surface area contributed by atoms with Gasteiger partial charge in [0, 0.05) is 13.5 Å². The maximum absolute atomic E-state index is 11.5. The van der Waals surface area contributed by atoms with Gasteiger partial charge in [-0.25, -0.2) is 15.2 Å². The monoisotopic (exact) mass is 292 g/mol. The number of fused-ring (bicyclic) bond motifs is 1. The third-order valence-corrected chi connectivity index (χ3v) is 3.77. The molecule has 106 valence electrons. The number of hydrazine groups is 1. The SMILES string of the molecule is CNC(=O)NNC(=O)CCCc1nc2ccccc2s1. The minimum Gasteiger partial charge on any atom is -0.340 e. The van der Waals surface area contributed by atoms with E-state index in [-0.39, 0.29) is 5.91 Å². The van der Waals surface area contributed by atoms with E-state index in [9.17, 15) is 9.59 Å². The summed E-state index contributed by atoms with van der Waals surface area (Å²) in [4.78, 5) is 26.8. The average molecular weight is 292 g/mol. The van der Waals surface area contributed by atoms with Gasteiger partial charge in [0.25, 0.3) is 0 Å². The van der Waals surface area contributed by atoms with Crippen molar-refractivity contribution in [3.63, 3.8) is 0 Å². The number of aryl methyl sites for hydroxylation is 1. The van der Waals surface area contributed by atoms with Crippen molar-refractivity contribution in [2.75, 3.05) is 7.05 Å². The zero-order valence-electron chi connectivity index (χ0n) is 11.1. The van der Waals surface area contributed by atoms with Crippen molar-refractivity contribution in [1.29, 1.82) is 0 Å². The van der Waals surface area contributed by atoms with Gasteiger partial charge in [0.2, 0.25) is 5.91 Å². The lowest BCUT2D eigenvalue weighted by Crippen LogP contribution is -2.45. The van der Waals surface area contributed by atoms with Crippen LogP contribution in [0.25, 0.3) is 10.2 Å². The molecule has 20 heavy (non-hydrogen) atoms. The predicted molar refractivity (Wildman–Crippen MR) is 78.3 cm³/mol. The Hall–Kier alpha value is -2.15. The first-order valence-electron chi connectivity index (χ1n) is 6.30. The zero-order chi connectivity index (χ0) is 14.4. The first-order chi connectivity index (χ1) is 9.69. The summed E-state index contributed by atoms with van der Waals surface area (Å²) >= 11 is 1.65. The number of carbonyl (C=O) groups is 2. The Morgan fingerprint density at radius 3 is 2.80 bits per heavy atom. The molecule has 0 unspecified atom stereocenters. The van der Waals surface area contributed by atoms with Crippen molar-refractivity contribution >= 4 is 33.5 Å². The van der Waals surface area contributed by atoms with E-state index in [1.807, 2.05) is 24.3 Å². The van der Waals surface area contributed by atoms with Gasteiger partial charge in [-0.2, -0.15) is 0 Å². The number of benzene rings is 1. The molecule has 1 aromatic carbocycles. The van der Waals surface area contributed by atoms with Crippen LogP contribution in [-0.2, 0) is 11.2 Å². The average Bonchev–Trinajstić information content (AvgIpc) is 2.87. The van der Waals surface area contributed by atoms with Gasteiger partial charge in [0.15, 0.2) is 0 Å². The van der Waals surface area contributed by atoms with E-state index < -0.39 is 6.03 Å². The quantitative estimate of drug-likeness (QED) is 0.748. The van der Waals surface area contributed by atoms with E-state index in [2.05, 4.69) is 21.2 Å². The van der Waals surface area contributed by atoms with E-state index >= 15 is 0 Å². The third-order valence-electron chi connectivity index (χ3n) is 2.68. The van der Waals surface area contributed by atoms with Gasteiger partial charge >= 0.3 is 6.03 Å². The second kappa shape index (κ2) is 6.85. The lowest BCUT2D eigenvalue weighted by molar-refractivity contribution is -0.121. The number of thiazole rings is 1. The molecule has 2 aromatic rings. The summed E-state index contributed by atoms with van der Waals surface area (Å²) in [6.45, 7) is 0. The molecule has 0 aliphatic rings. The van der Waals surface area contributed by atoms with Gasteiger partial charge in [-0.05, 0) is 25.0 Å². The van der Waals surface area contributed by atoms with Crippen molar-refractivity contribution < 1.29 is 9.59 Å². The van der Waals surface area contributed by atoms with Crippen LogP contribution in [-0.4, -0.2) is 24.0 Å². The standard InChI is InChI=1S/C13H16N4O2S/c1-14-13(19)17-16-11(18)7-4-8-12-15-9-5-2-3-6-10(9)20-12/h2-3,5-6H,4,7-8H2,1H3,(H,16,18)(H2,14,17,19). The number of aromatic nitrogens is 1. The van der Waals surface area contributed by atoms with E-state index in [0.29, 0.717) is 12.8 Å². The highest BCUT2D eigenvalue weighted by Crippen LogP contribution is 2.22. The summed E-state index contributed by atoms with van der Waals surface area (Å²) in [5.74, 6) is -0.213. The molecule has 1 heterocycles. The third kappa shape index (κ3) is 3.92. The molecule has 0 spiro atoms. The van der Waals surface area contributed by atoms with Gasteiger partial charge in [-0.1, -0.05) is 12.1 Å². The fraction of sp³-hybridized carbons (Fsp3) is 0.308. The van der Waals surface area contributed by atoms with E-state index in [1.165, 1.54) is 7.05 Å². The van der Waals surface area contributed by atoms with Crippen molar-refractivity contribution in [2.45, 2.75) is 19.3 Å². The highest BCUT2D eigenvalue weighted by molar-refractivity contribution is 7.18. The number of para-hydroxylation sites is 1. The smallest absolute Gasteiger partial charge is 0.333 e. The first-order valence-corrected chi connectivity index (χ1v) is 7.11. The molecule has 0 atom stereocenters. The van der Waals surface area contributed by atoms with Crippen molar-refractivity contribution in [3.8, 4) is 0 Å². The minimum atomic E-state index is -0.440. The summed E-state index contributed by atoms with van der Waals surface area (Å²) in [6, 6.07) is 7.53. The second-order valence-electron chi connectivity index (χ2n) is 4.18. The fourth-order valence-corrected chi connectivity index (χ4v) is 2.69. The lowest BCUT2D eigenvalue weighted by atomic mass is 10.2. The minimum absolute atomic E-state index is 0.213. The Bertz CT molecular complexity index is 578. The molecular formula is C13H16N4O2S. The Labute approximate surface area is 120 Å². The van der Waals surface area contributed by atoms with Gasteiger partial charge in [-0.3, -0.25) is 10.2 Å². The zero-order valence-corrected chi connectivity index (χ0v) is 11.9. The van der Waals surface area contributed by atoms with Crippen LogP contribution in [0.1, 0.15) is 17.8 Å². The molecule has 1 aromatic heterocycles. The lowest BCUT2D eigenvalue weighted by Gasteiger charge is -2.05. The van der Waals surface area contributed by atoms with E-state index in [4.69, 9.17) is 0 Å². The van der Waals surface area contributed by atoms with Gasteiger partial charge in [-0.15, -0.1) is 11.3 Å². The fourth-order valence-electron chi connectivity index (χ4n) is 1.68. The molecule has 7 heteroatoms. The molecule has 0 radical (unpaired) electrons. The molecule has 2 rings (SSSR count). The summed E-state index contributed by atoms with van der Waals surface area (Å²) in [6.07, 6.45) is 1.80. The second-order valence-corrected chi connectivity index (χ2v) is 5.30. The maximum atomic E-state index is 11.5. The van der Waals surface area contributed by atoms with Crippen molar-refractivity contribution in [1.82, 2.24) is 21.2 Å². The van der Waals surface area contributed by atoms with E-state index in [1.54, 1.807) is 11.3 Å². The Balaban J connectivity index is 1.75. The molecule has 0 saturated carbocycles. The summed E-state index contributed by atoms with van der Waals surface area (Å²) in [5.41, 5.74) is 5.57. The predicted octanol–water partition coefficient (Wildman–Crippen LogP) is 1.58. The molecule has 6 nitrogen and oxygen atoms in total. The van der Waals surface area contributed by atoms with Crippen LogP contribution in [0.15, 0.2) is 24.3 Å². The number of hydrogen-bond donors (Lipinski definition) is 3. The molecule has 0 fully saturated rings. The normalized spacial score (nSPS) is 10.2. The Morgan fingerprint density at radius 2 is 2.05 bits per heavy atom. The summed E-state index contributed by atoms with van der Waals surface area (Å²) in [5, 5.41) is 3.37. The van der Waals surface area contributed by atoms with Crippen LogP contribution >= 0.6 is 11.3 Å². The van der Waals surface area contributed by atoms with Crippen LogP contribution in [0.4, 0.5) is 4.79 Å². The summed E-state index contributed by atoms with van der Waals surface area (Å²) in [7, 11) is 1.48. The Morgan fingerprint density at radius 1 is 1.25 bits per heavy atom.